The van der Waals surface area contributed by atoms with Gasteiger partial charge in [-0.1, -0.05) is 62.9 Å². The van der Waals surface area contributed by atoms with Crippen molar-refractivity contribution < 1.29 is 4.79 Å². The number of benzene rings is 2. The zero-order valence-corrected chi connectivity index (χ0v) is 16.2. The monoisotopic (exact) mass is 459 g/mol. The summed E-state index contributed by atoms with van der Waals surface area (Å²) in [5.41, 5.74) is 1.13. The van der Waals surface area contributed by atoms with Crippen molar-refractivity contribution in [2.45, 2.75) is 6.54 Å². The van der Waals surface area contributed by atoms with Gasteiger partial charge in [-0.3, -0.25) is 4.79 Å². The number of rotatable bonds is 4. The maximum atomic E-state index is 12.2. The van der Waals surface area contributed by atoms with Crippen molar-refractivity contribution in [2.75, 3.05) is 5.32 Å². The summed E-state index contributed by atoms with van der Waals surface area (Å²) in [6, 6.07) is 10.4. The van der Waals surface area contributed by atoms with Gasteiger partial charge in [-0.2, -0.15) is 4.80 Å². The predicted molar refractivity (Wildman–Crippen MR) is 101 cm³/mol. The molecule has 0 radical (unpaired) electrons. The molecule has 0 bridgehead atoms. The summed E-state index contributed by atoms with van der Waals surface area (Å²) in [4.78, 5) is 13.3. The Morgan fingerprint density at radius 2 is 1.84 bits per heavy atom. The number of aromatic nitrogens is 4. The minimum Gasteiger partial charge on any atom is -0.323 e. The van der Waals surface area contributed by atoms with Crippen LogP contribution < -0.4 is 5.32 Å². The average molecular weight is 462 g/mol. The van der Waals surface area contributed by atoms with Crippen molar-refractivity contribution in [1.82, 2.24) is 20.2 Å². The fourth-order valence-electron chi connectivity index (χ4n) is 2.00. The highest BCUT2D eigenvalue weighted by Crippen LogP contribution is 2.32. The van der Waals surface area contributed by atoms with Gasteiger partial charge in [-0.15, -0.1) is 10.2 Å². The summed E-state index contributed by atoms with van der Waals surface area (Å²) in [7, 11) is 0. The van der Waals surface area contributed by atoms with Crippen LogP contribution in [-0.4, -0.2) is 26.1 Å². The molecule has 6 nitrogen and oxygen atoms in total. The van der Waals surface area contributed by atoms with Crippen molar-refractivity contribution in [2.24, 2.45) is 0 Å². The van der Waals surface area contributed by atoms with Crippen molar-refractivity contribution in [1.29, 1.82) is 0 Å². The summed E-state index contributed by atoms with van der Waals surface area (Å²) in [6.45, 7) is -0.131. The number of amides is 1. The van der Waals surface area contributed by atoms with Gasteiger partial charge in [-0.25, -0.2) is 0 Å². The lowest BCUT2D eigenvalue weighted by Crippen LogP contribution is -2.20. The Morgan fingerprint density at radius 3 is 2.60 bits per heavy atom. The molecule has 1 heterocycles. The lowest BCUT2D eigenvalue weighted by atomic mass is 10.2. The highest BCUT2D eigenvalue weighted by atomic mass is 79.9. The van der Waals surface area contributed by atoms with Gasteiger partial charge in [0.2, 0.25) is 11.7 Å². The van der Waals surface area contributed by atoms with E-state index in [9.17, 15) is 4.79 Å². The fraction of sp³-hybridized carbons (Fsp3) is 0.0667. The molecule has 0 aliphatic carbocycles. The molecule has 25 heavy (non-hydrogen) atoms. The number of hydrogen-bond acceptors (Lipinski definition) is 4. The number of halogens is 4. The van der Waals surface area contributed by atoms with Gasteiger partial charge in [-0.05, 0) is 29.5 Å². The van der Waals surface area contributed by atoms with Gasteiger partial charge in [0.15, 0.2) is 0 Å². The second kappa shape index (κ2) is 7.70. The maximum Gasteiger partial charge on any atom is 0.248 e. The van der Waals surface area contributed by atoms with E-state index in [2.05, 4.69) is 36.7 Å². The topological polar surface area (TPSA) is 72.7 Å². The Kier molecular flexibility index (Phi) is 5.58. The summed E-state index contributed by atoms with van der Waals surface area (Å²) in [6.07, 6.45) is 0. The molecule has 0 aliphatic rings. The quantitative estimate of drug-likeness (QED) is 0.572. The van der Waals surface area contributed by atoms with Crippen molar-refractivity contribution in [3.8, 4) is 11.4 Å². The highest BCUT2D eigenvalue weighted by molar-refractivity contribution is 9.10. The van der Waals surface area contributed by atoms with E-state index in [1.165, 1.54) is 16.9 Å². The van der Waals surface area contributed by atoms with Gasteiger partial charge in [0.1, 0.15) is 6.54 Å². The van der Waals surface area contributed by atoms with Gasteiger partial charge in [0.05, 0.1) is 20.8 Å². The van der Waals surface area contributed by atoms with Crippen molar-refractivity contribution >= 4 is 62.3 Å². The minimum atomic E-state index is -0.378. The van der Waals surface area contributed by atoms with Gasteiger partial charge in [0.25, 0.3) is 0 Å². The summed E-state index contributed by atoms with van der Waals surface area (Å²) in [5, 5.41) is 15.6. The van der Waals surface area contributed by atoms with Crippen molar-refractivity contribution in [3.63, 3.8) is 0 Å². The summed E-state index contributed by atoms with van der Waals surface area (Å²) < 4.78 is 0.835. The molecule has 0 unspecified atom stereocenters. The molecule has 0 aliphatic heterocycles. The Balaban J connectivity index is 1.72. The van der Waals surface area contributed by atoms with Crippen LogP contribution in [0.3, 0.4) is 0 Å². The molecule has 3 rings (SSSR count). The van der Waals surface area contributed by atoms with Crippen LogP contribution in [0.4, 0.5) is 5.69 Å². The average Bonchev–Trinajstić information content (AvgIpc) is 3.01. The predicted octanol–water partition coefficient (Wildman–Crippen LogP) is 4.70. The Bertz CT molecular complexity index is 947. The van der Waals surface area contributed by atoms with Crippen LogP contribution in [0, 0.1) is 0 Å². The molecular weight excluding hydrogens is 452 g/mol. The van der Waals surface area contributed by atoms with Crippen LogP contribution in [0.2, 0.25) is 15.1 Å². The molecule has 0 fully saturated rings. The zero-order valence-electron chi connectivity index (χ0n) is 12.4. The van der Waals surface area contributed by atoms with E-state index in [1.54, 1.807) is 0 Å². The number of tetrazole rings is 1. The molecule has 128 valence electrons. The first kappa shape index (κ1) is 18.1. The zero-order chi connectivity index (χ0) is 18.0. The third kappa shape index (κ3) is 4.30. The largest absolute Gasteiger partial charge is 0.323 e. The molecule has 0 saturated heterocycles. The molecule has 3 aromatic rings. The molecule has 1 aromatic heterocycles. The highest BCUT2D eigenvalue weighted by Gasteiger charge is 2.13. The van der Waals surface area contributed by atoms with Gasteiger partial charge >= 0.3 is 0 Å². The van der Waals surface area contributed by atoms with E-state index in [1.807, 2.05) is 24.3 Å². The van der Waals surface area contributed by atoms with E-state index in [0.29, 0.717) is 16.5 Å². The fourth-order valence-corrected chi connectivity index (χ4v) is 3.05. The number of hydrogen-bond donors (Lipinski definition) is 1. The number of carbonyl (C=O) groups is 1. The first-order valence-corrected chi connectivity index (χ1v) is 8.84. The Labute approximate surface area is 166 Å². The third-order valence-corrected chi connectivity index (χ3v) is 4.86. The second-order valence-electron chi connectivity index (χ2n) is 4.92. The van der Waals surface area contributed by atoms with E-state index in [4.69, 9.17) is 34.8 Å². The van der Waals surface area contributed by atoms with Crippen LogP contribution in [-0.2, 0) is 11.3 Å². The molecule has 0 spiro atoms. The maximum absolute atomic E-state index is 12.2. The first-order chi connectivity index (χ1) is 11.9. The molecule has 10 heteroatoms. The molecule has 2 aromatic carbocycles. The van der Waals surface area contributed by atoms with E-state index in [-0.39, 0.29) is 22.5 Å². The van der Waals surface area contributed by atoms with Gasteiger partial charge in [0, 0.05) is 10.0 Å². The lowest BCUT2D eigenvalue weighted by molar-refractivity contribution is -0.117. The number of nitrogens with one attached hydrogen (secondary N) is 1. The van der Waals surface area contributed by atoms with E-state index in [0.717, 1.165) is 10.0 Å². The standard InChI is InChI=1S/C15H9BrCl3N5O/c16-9-4-2-1-3-8(9)15-21-23-24(22-15)7-14(25)20-13-6-11(18)10(17)5-12(13)19/h1-6H,7H2,(H,20,25). The van der Waals surface area contributed by atoms with Crippen LogP contribution in [0.5, 0.6) is 0 Å². The van der Waals surface area contributed by atoms with Gasteiger partial charge < -0.3 is 5.32 Å². The minimum absolute atomic E-state index is 0.131. The Hall–Kier alpha value is -1.67. The Morgan fingerprint density at radius 1 is 1.12 bits per heavy atom. The molecule has 0 saturated carbocycles. The summed E-state index contributed by atoms with van der Waals surface area (Å²) >= 11 is 21.3. The summed E-state index contributed by atoms with van der Waals surface area (Å²) in [5.74, 6) is 0.0317. The van der Waals surface area contributed by atoms with Crippen LogP contribution in [0.15, 0.2) is 40.9 Å². The molecule has 0 atom stereocenters. The SMILES string of the molecule is O=C(Cn1nnc(-c2ccccc2Br)n1)Nc1cc(Cl)c(Cl)cc1Cl. The smallest absolute Gasteiger partial charge is 0.248 e. The van der Waals surface area contributed by atoms with E-state index >= 15 is 0 Å². The normalized spacial score (nSPS) is 10.7. The van der Waals surface area contributed by atoms with Crippen LogP contribution in [0.25, 0.3) is 11.4 Å². The lowest BCUT2D eigenvalue weighted by Gasteiger charge is -2.08. The molecular formula is C15H9BrCl3N5O. The van der Waals surface area contributed by atoms with Crippen molar-refractivity contribution in [3.05, 3.63) is 55.9 Å². The third-order valence-electron chi connectivity index (χ3n) is 3.14. The number of anilines is 1. The second-order valence-corrected chi connectivity index (χ2v) is 6.99. The van der Waals surface area contributed by atoms with Crippen LogP contribution >= 0.6 is 50.7 Å². The van der Waals surface area contributed by atoms with E-state index < -0.39 is 0 Å². The number of nitrogens with zero attached hydrogens (tertiary/aromatic N) is 4. The first-order valence-electron chi connectivity index (χ1n) is 6.91. The molecule has 1 amide bonds. The number of carbonyl (C=O) groups excluding carboxylic acids is 1. The molecule has 1 N–H and O–H groups in total. The van der Waals surface area contributed by atoms with Crippen LogP contribution in [0.1, 0.15) is 0 Å².